The van der Waals surface area contributed by atoms with Gasteiger partial charge >= 0.3 is 5.97 Å². The van der Waals surface area contributed by atoms with Gasteiger partial charge in [-0.1, -0.05) is 18.2 Å². The van der Waals surface area contributed by atoms with E-state index in [1.54, 1.807) is 31.2 Å². The van der Waals surface area contributed by atoms with Crippen molar-refractivity contribution in [1.82, 2.24) is 14.7 Å². The molecule has 262 valence electrons. The van der Waals surface area contributed by atoms with Crippen molar-refractivity contribution in [3.8, 4) is 34.8 Å². The minimum Gasteiger partial charge on any atom is -0.507 e. The van der Waals surface area contributed by atoms with Crippen LogP contribution in [0.3, 0.4) is 0 Å². The van der Waals surface area contributed by atoms with Gasteiger partial charge in [-0.25, -0.2) is 4.79 Å². The number of benzene rings is 3. The number of fused-ring (bicyclic) bond motifs is 11. The van der Waals surface area contributed by atoms with Crippen LogP contribution in [0.15, 0.2) is 30.3 Å². The zero-order valence-corrected chi connectivity index (χ0v) is 29.0. The van der Waals surface area contributed by atoms with Crippen LogP contribution < -0.4 is 14.2 Å². The van der Waals surface area contributed by atoms with Crippen LogP contribution in [0.4, 0.5) is 0 Å². The number of phenolic OH excluding ortho intramolecular Hbond substituents is 2. The summed E-state index contributed by atoms with van der Waals surface area (Å²) in [7, 11) is 3.45. The van der Waals surface area contributed by atoms with Gasteiger partial charge in [0.2, 0.25) is 6.79 Å². The molecule has 3 aromatic carbocycles. The number of carbonyl (C=O) groups is 3. The van der Waals surface area contributed by atoms with Gasteiger partial charge in [0.15, 0.2) is 23.0 Å². The number of carbonyl (C=O) groups excluding carboxylic acids is 3. The first-order chi connectivity index (χ1) is 24.6. The molecule has 7 heterocycles. The third kappa shape index (κ3) is 4.13. The number of likely N-dealkylation sites (N-methyl/N-ethyl adjacent to an activating group) is 1. The van der Waals surface area contributed by atoms with Crippen LogP contribution in [0.1, 0.15) is 71.4 Å². The van der Waals surface area contributed by atoms with E-state index in [-0.39, 0.29) is 47.8 Å². The molecular formula is C37H34N4O9S. The smallest absolute Gasteiger partial charge is 0.330 e. The molecule has 4 bridgehead atoms. The average molecular weight is 711 g/mol. The van der Waals surface area contributed by atoms with Crippen molar-refractivity contribution in [1.29, 1.82) is 5.26 Å². The van der Waals surface area contributed by atoms with Crippen LogP contribution in [0.5, 0.6) is 28.7 Å². The number of hydrogen-bond acceptors (Lipinski definition) is 13. The maximum atomic E-state index is 14.0. The Kier molecular flexibility index (Phi) is 7.06. The summed E-state index contributed by atoms with van der Waals surface area (Å²) in [5, 5.41) is 34.2. The number of ether oxygens (including phenoxy) is 4. The highest BCUT2D eigenvalue weighted by molar-refractivity contribution is 7.99. The topological polar surface area (TPSA) is 162 Å². The third-order valence-electron chi connectivity index (χ3n) is 11.6. The van der Waals surface area contributed by atoms with E-state index < -0.39 is 53.2 Å². The first-order valence-electron chi connectivity index (χ1n) is 16.8. The second kappa shape index (κ2) is 11.3. The van der Waals surface area contributed by atoms with E-state index >= 15 is 0 Å². The number of imide groups is 1. The quantitative estimate of drug-likeness (QED) is 0.293. The van der Waals surface area contributed by atoms with Crippen molar-refractivity contribution in [3.05, 3.63) is 74.8 Å². The lowest BCUT2D eigenvalue weighted by Crippen LogP contribution is -2.69. The number of rotatable bonds is 2. The highest BCUT2D eigenvalue weighted by Crippen LogP contribution is 2.64. The largest absolute Gasteiger partial charge is 0.507 e. The van der Waals surface area contributed by atoms with Crippen LogP contribution in [0.2, 0.25) is 0 Å². The molecule has 0 radical (unpaired) electrons. The molecule has 7 aliphatic heterocycles. The molecule has 7 atom stereocenters. The van der Waals surface area contributed by atoms with Crippen LogP contribution in [-0.4, -0.2) is 100 Å². The number of amides is 2. The first kappa shape index (κ1) is 32.0. The van der Waals surface area contributed by atoms with Gasteiger partial charge in [0.25, 0.3) is 11.8 Å². The van der Waals surface area contributed by atoms with Gasteiger partial charge in [0.1, 0.15) is 24.4 Å². The molecule has 10 rings (SSSR count). The lowest BCUT2D eigenvalue weighted by atomic mass is 9.71. The predicted molar refractivity (Wildman–Crippen MR) is 181 cm³/mol. The van der Waals surface area contributed by atoms with Crippen LogP contribution in [0.25, 0.3) is 0 Å². The van der Waals surface area contributed by atoms with Crippen LogP contribution in [0, 0.1) is 25.2 Å². The molecule has 2 N–H and O–H groups in total. The summed E-state index contributed by atoms with van der Waals surface area (Å²) in [6.45, 7) is 3.28. The highest BCUT2D eigenvalue weighted by Gasteiger charge is 2.61. The van der Waals surface area contributed by atoms with E-state index in [1.807, 2.05) is 20.0 Å². The van der Waals surface area contributed by atoms with Crippen molar-refractivity contribution in [2.24, 2.45) is 0 Å². The summed E-state index contributed by atoms with van der Waals surface area (Å²) in [5.41, 5.74) is 4.36. The van der Waals surface area contributed by atoms with Gasteiger partial charge in [-0.2, -0.15) is 5.26 Å². The molecule has 2 amide bonds. The van der Waals surface area contributed by atoms with Gasteiger partial charge in [0.05, 0.1) is 41.6 Å². The maximum Gasteiger partial charge on any atom is 0.330 e. The minimum atomic E-state index is -1.27. The summed E-state index contributed by atoms with van der Waals surface area (Å²) < 4.78 is 23.7. The molecule has 13 nitrogen and oxygen atoms in total. The summed E-state index contributed by atoms with van der Waals surface area (Å²) in [5.74, 6) is -0.818. The molecule has 0 saturated carbocycles. The Morgan fingerprint density at radius 3 is 2.35 bits per heavy atom. The molecule has 14 heteroatoms. The zero-order chi connectivity index (χ0) is 35.6. The lowest BCUT2D eigenvalue weighted by Gasteiger charge is -2.61. The number of hydrogen-bond donors (Lipinski definition) is 2. The molecule has 2 saturated heterocycles. The van der Waals surface area contributed by atoms with Crippen molar-refractivity contribution in [3.63, 3.8) is 0 Å². The number of aryl methyl sites for hydroxylation is 1. The van der Waals surface area contributed by atoms with E-state index in [2.05, 4.69) is 15.9 Å². The molecule has 7 aliphatic rings. The fourth-order valence-electron chi connectivity index (χ4n) is 9.37. The van der Waals surface area contributed by atoms with Crippen molar-refractivity contribution in [2.75, 3.05) is 33.3 Å². The Morgan fingerprint density at radius 1 is 0.961 bits per heavy atom. The van der Waals surface area contributed by atoms with Crippen LogP contribution in [-0.2, 0) is 16.0 Å². The van der Waals surface area contributed by atoms with Gasteiger partial charge in [-0.3, -0.25) is 24.3 Å². The van der Waals surface area contributed by atoms with Crippen molar-refractivity contribution in [2.45, 2.75) is 61.8 Å². The Bertz CT molecular complexity index is 2100. The van der Waals surface area contributed by atoms with Crippen molar-refractivity contribution >= 4 is 29.5 Å². The summed E-state index contributed by atoms with van der Waals surface area (Å²) in [6.07, 6.45) is 0.470. The SMILES string of the molecule is COc1c(C)cc2c(c1O)[C@@H]1C3[C@@H]4SC[C@H](N5C(=O)c6ccccc6C5=O)C(=O)OC[C@@H](c5c6c(c(C)c(O)c54)OCO6)N3[C@@H](C#N)[C@H](C2)N1C. The molecule has 1 unspecified atom stereocenters. The monoisotopic (exact) mass is 710 g/mol. The number of thioether (sulfide) groups is 1. The normalized spacial score (nSPS) is 29.1. The minimum absolute atomic E-state index is 0.0118. The summed E-state index contributed by atoms with van der Waals surface area (Å²) in [6, 6.07) is 6.85. The van der Waals surface area contributed by atoms with Crippen LogP contribution >= 0.6 is 11.8 Å². The number of piperazine rings is 1. The fraction of sp³-hybridized carbons (Fsp3) is 0.405. The highest BCUT2D eigenvalue weighted by atomic mass is 32.2. The van der Waals surface area contributed by atoms with E-state index in [9.17, 15) is 29.9 Å². The molecule has 2 fully saturated rings. The van der Waals surface area contributed by atoms with E-state index in [0.717, 1.165) is 16.0 Å². The second-order valence-corrected chi connectivity index (χ2v) is 15.0. The number of nitrogens with zero attached hydrogens (tertiary/aromatic N) is 4. The number of esters is 1. The molecular weight excluding hydrogens is 676 g/mol. The molecule has 0 aliphatic carbocycles. The Morgan fingerprint density at radius 2 is 1.67 bits per heavy atom. The Hall–Kier alpha value is -4.97. The average Bonchev–Trinajstić information content (AvgIpc) is 3.70. The maximum absolute atomic E-state index is 14.0. The fourth-order valence-corrected chi connectivity index (χ4v) is 10.9. The van der Waals surface area contributed by atoms with Crippen molar-refractivity contribution < 1.29 is 43.5 Å². The molecule has 0 spiro atoms. The molecule has 51 heavy (non-hydrogen) atoms. The molecule has 0 aromatic heterocycles. The zero-order valence-electron chi connectivity index (χ0n) is 28.2. The number of nitriles is 1. The number of phenols is 2. The summed E-state index contributed by atoms with van der Waals surface area (Å²) in [4.78, 5) is 46.6. The third-order valence-corrected chi connectivity index (χ3v) is 12.9. The lowest BCUT2D eigenvalue weighted by molar-refractivity contribution is -0.153. The second-order valence-electron chi connectivity index (χ2n) is 13.8. The first-order valence-corrected chi connectivity index (χ1v) is 17.8. The van der Waals surface area contributed by atoms with Gasteiger partial charge in [-0.15, -0.1) is 11.8 Å². The standard InChI is InChI=1S/C37H34N4O9S/c1-15-9-17-10-20-21(11-38)40-22-12-48-37(46)23(41-35(44)18-7-5-6-8-19(18)36(41)45)13-51-34(26-25(22)33-32(49-14-50-33)16(2)29(26)42)28(40)27(39(20)3)24(17)30(43)31(15)47-4/h5-9,20-23,27-28,34,42-43H,10,12-14H2,1-4H3/t20-,21-,22-,23-,27+,28?,34+/m0/s1. The summed E-state index contributed by atoms with van der Waals surface area (Å²) >= 11 is 1.29. The van der Waals surface area contributed by atoms with E-state index in [1.165, 1.54) is 18.9 Å². The predicted octanol–water partition coefficient (Wildman–Crippen LogP) is 3.68. The number of aromatic hydroxyl groups is 2. The van der Waals surface area contributed by atoms with Gasteiger partial charge in [0, 0.05) is 40.1 Å². The Labute approximate surface area is 297 Å². The Balaban J connectivity index is 1.26. The molecule has 3 aromatic rings. The van der Waals surface area contributed by atoms with Gasteiger partial charge < -0.3 is 29.2 Å². The van der Waals surface area contributed by atoms with E-state index in [4.69, 9.17) is 18.9 Å². The number of methoxy groups -OCH3 is 1. The van der Waals surface area contributed by atoms with E-state index in [0.29, 0.717) is 45.9 Å². The van der Waals surface area contributed by atoms with Gasteiger partial charge in [-0.05, 0) is 50.6 Å².